The van der Waals surface area contributed by atoms with Crippen molar-refractivity contribution in [3.8, 4) is 0 Å². The van der Waals surface area contributed by atoms with Crippen molar-refractivity contribution >= 4 is 22.6 Å². The minimum absolute atomic E-state index is 0.153. The number of rotatable bonds is 4. The van der Waals surface area contributed by atoms with Crippen molar-refractivity contribution in [3.05, 3.63) is 25.4 Å². The van der Waals surface area contributed by atoms with Crippen molar-refractivity contribution in [1.29, 1.82) is 0 Å². The highest BCUT2D eigenvalue weighted by Gasteiger charge is 2.07. The molecule has 1 N–H and O–H groups in total. The fourth-order valence-electron chi connectivity index (χ4n) is 0.994. The predicted octanol–water partition coefficient (Wildman–Crippen LogP) is 0.667. The van der Waals surface area contributed by atoms with E-state index in [1.807, 2.05) is 22.6 Å². The zero-order valence-corrected chi connectivity index (χ0v) is 10.1. The molecular formula is C8H11IN2O3. The summed E-state index contributed by atoms with van der Waals surface area (Å²) in [5.41, 5.74) is 0.489. The van der Waals surface area contributed by atoms with Crippen LogP contribution in [0, 0.1) is 3.57 Å². The van der Waals surface area contributed by atoms with E-state index in [-0.39, 0.29) is 5.56 Å². The summed E-state index contributed by atoms with van der Waals surface area (Å²) in [5, 5.41) is 0. The minimum Gasteiger partial charge on any atom is -0.378 e. The van der Waals surface area contributed by atoms with Crippen LogP contribution in [0.25, 0.3) is 0 Å². The number of aromatic amines is 1. The molecule has 0 saturated carbocycles. The number of aromatic nitrogens is 2. The molecule has 0 aliphatic carbocycles. The van der Waals surface area contributed by atoms with Crippen LogP contribution in [-0.4, -0.2) is 24.2 Å². The Bertz CT molecular complexity index is 364. The lowest BCUT2D eigenvalue weighted by molar-refractivity contribution is 0.169. The second-order valence-electron chi connectivity index (χ2n) is 2.64. The van der Waals surface area contributed by atoms with Gasteiger partial charge < -0.3 is 14.5 Å². The second-order valence-corrected chi connectivity index (χ2v) is 3.72. The third kappa shape index (κ3) is 2.76. The fraction of sp³-hybridized carbons (Fsp3) is 0.500. The monoisotopic (exact) mass is 310 g/mol. The number of nitrogens with one attached hydrogen (secondary N) is 1. The van der Waals surface area contributed by atoms with E-state index in [2.05, 4.69) is 9.97 Å². The highest BCUT2D eigenvalue weighted by atomic mass is 127. The molecule has 0 bridgehead atoms. The molecule has 1 aromatic rings. The highest BCUT2D eigenvalue weighted by molar-refractivity contribution is 14.1. The zero-order chi connectivity index (χ0) is 10.6. The van der Waals surface area contributed by atoms with Gasteiger partial charge in [-0.1, -0.05) is 0 Å². The zero-order valence-electron chi connectivity index (χ0n) is 7.96. The Balaban J connectivity index is 3.07. The van der Waals surface area contributed by atoms with Gasteiger partial charge in [0.15, 0.2) is 0 Å². The predicted molar refractivity (Wildman–Crippen MR) is 59.0 cm³/mol. The number of ether oxygens (including phenoxy) is 2. The molecule has 0 spiro atoms. The quantitative estimate of drug-likeness (QED) is 0.830. The molecule has 0 radical (unpaired) electrons. The van der Waals surface area contributed by atoms with Gasteiger partial charge in [-0.3, -0.25) is 4.79 Å². The highest BCUT2D eigenvalue weighted by Crippen LogP contribution is 2.05. The lowest BCUT2D eigenvalue weighted by Gasteiger charge is -2.04. The van der Waals surface area contributed by atoms with Crippen LogP contribution < -0.4 is 5.56 Å². The van der Waals surface area contributed by atoms with Crippen molar-refractivity contribution in [1.82, 2.24) is 9.97 Å². The van der Waals surface area contributed by atoms with Crippen molar-refractivity contribution in [3.63, 3.8) is 0 Å². The van der Waals surface area contributed by atoms with E-state index in [1.165, 1.54) is 0 Å². The maximum Gasteiger partial charge on any atom is 0.264 e. The summed E-state index contributed by atoms with van der Waals surface area (Å²) in [6.45, 7) is 0.627. The molecule has 0 amide bonds. The number of methoxy groups -OCH3 is 2. The fourth-order valence-corrected chi connectivity index (χ4v) is 1.41. The molecule has 6 heteroatoms. The standard InChI is InChI=1S/C8H11IN2O3/c1-13-3-5-7(9)8(12)11-6(10-5)4-14-2/h3-4H2,1-2H3,(H,10,11,12). The number of halogens is 1. The van der Waals surface area contributed by atoms with Crippen LogP contribution in [0.2, 0.25) is 0 Å². The Hall–Kier alpha value is -0.470. The van der Waals surface area contributed by atoms with Crippen LogP contribution in [0.5, 0.6) is 0 Å². The Kier molecular flexibility index (Phi) is 4.49. The first kappa shape index (κ1) is 11.6. The number of hydrogen-bond donors (Lipinski definition) is 1. The van der Waals surface area contributed by atoms with Gasteiger partial charge >= 0.3 is 0 Å². The van der Waals surface area contributed by atoms with E-state index in [1.54, 1.807) is 14.2 Å². The van der Waals surface area contributed by atoms with Gasteiger partial charge in [-0.25, -0.2) is 4.98 Å². The molecule has 1 aromatic heterocycles. The molecule has 0 aliphatic heterocycles. The largest absolute Gasteiger partial charge is 0.378 e. The topological polar surface area (TPSA) is 64.2 Å². The molecule has 78 valence electrons. The Morgan fingerprint density at radius 3 is 2.57 bits per heavy atom. The minimum atomic E-state index is -0.153. The van der Waals surface area contributed by atoms with E-state index in [9.17, 15) is 4.79 Å². The van der Waals surface area contributed by atoms with Crippen molar-refractivity contribution in [2.75, 3.05) is 14.2 Å². The summed E-state index contributed by atoms with van der Waals surface area (Å²) < 4.78 is 10.4. The second kappa shape index (κ2) is 5.42. The first-order chi connectivity index (χ1) is 6.69. The van der Waals surface area contributed by atoms with Crippen LogP contribution >= 0.6 is 22.6 Å². The third-order valence-corrected chi connectivity index (χ3v) is 2.66. The van der Waals surface area contributed by atoms with Gasteiger partial charge in [0.1, 0.15) is 16.0 Å². The Morgan fingerprint density at radius 1 is 1.36 bits per heavy atom. The van der Waals surface area contributed by atoms with E-state index in [4.69, 9.17) is 9.47 Å². The first-order valence-electron chi connectivity index (χ1n) is 3.94. The lowest BCUT2D eigenvalue weighted by atomic mass is 10.4. The molecular weight excluding hydrogens is 299 g/mol. The molecule has 0 saturated heterocycles. The first-order valence-corrected chi connectivity index (χ1v) is 5.02. The molecule has 0 aromatic carbocycles. The van der Waals surface area contributed by atoms with Crippen molar-refractivity contribution < 1.29 is 9.47 Å². The summed E-state index contributed by atoms with van der Waals surface area (Å²) >= 11 is 1.95. The average molecular weight is 310 g/mol. The van der Waals surface area contributed by atoms with E-state index in [0.29, 0.717) is 28.3 Å². The Morgan fingerprint density at radius 2 is 2.00 bits per heavy atom. The molecule has 0 atom stereocenters. The molecule has 0 fully saturated rings. The van der Waals surface area contributed by atoms with Gasteiger partial charge in [0.25, 0.3) is 5.56 Å². The lowest BCUT2D eigenvalue weighted by Crippen LogP contribution is -2.18. The molecule has 0 aliphatic rings. The van der Waals surface area contributed by atoms with Gasteiger partial charge in [0.2, 0.25) is 0 Å². The molecule has 0 unspecified atom stereocenters. The maximum absolute atomic E-state index is 11.4. The van der Waals surface area contributed by atoms with Gasteiger partial charge in [0.05, 0.1) is 12.3 Å². The third-order valence-electron chi connectivity index (χ3n) is 1.54. The van der Waals surface area contributed by atoms with Gasteiger partial charge in [-0.15, -0.1) is 0 Å². The summed E-state index contributed by atoms with van der Waals surface area (Å²) in [4.78, 5) is 18.2. The summed E-state index contributed by atoms with van der Waals surface area (Å²) in [5.74, 6) is 0.518. The molecule has 1 heterocycles. The van der Waals surface area contributed by atoms with Crippen LogP contribution in [0.1, 0.15) is 11.5 Å². The van der Waals surface area contributed by atoms with E-state index >= 15 is 0 Å². The van der Waals surface area contributed by atoms with Crippen LogP contribution in [0.4, 0.5) is 0 Å². The van der Waals surface area contributed by atoms with Gasteiger partial charge in [-0.2, -0.15) is 0 Å². The summed E-state index contributed by atoms with van der Waals surface area (Å²) in [6, 6.07) is 0. The van der Waals surface area contributed by atoms with Crippen molar-refractivity contribution in [2.24, 2.45) is 0 Å². The SMILES string of the molecule is COCc1nc(COC)c(I)c(=O)[nH]1. The van der Waals surface area contributed by atoms with Crippen LogP contribution in [0.3, 0.4) is 0 Å². The number of H-pyrrole nitrogens is 1. The van der Waals surface area contributed by atoms with Crippen LogP contribution in [0.15, 0.2) is 4.79 Å². The number of nitrogens with zero attached hydrogens (tertiary/aromatic N) is 1. The van der Waals surface area contributed by atoms with Crippen LogP contribution in [-0.2, 0) is 22.7 Å². The normalized spacial score (nSPS) is 10.5. The molecule has 14 heavy (non-hydrogen) atoms. The van der Waals surface area contributed by atoms with E-state index in [0.717, 1.165) is 0 Å². The van der Waals surface area contributed by atoms with Crippen molar-refractivity contribution in [2.45, 2.75) is 13.2 Å². The van der Waals surface area contributed by atoms with E-state index < -0.39 is 0 Å². The van der Waals surface area contributed by atoms with Gasteiger partial charge in [-0.05, 0) is 22.6 Å². The molecule has 1 rings (SSSR count). The number of hydrogen-bond acceptors (Lipinski definition) is 4. The van der Waals surface area contributed by atoms with Gasteiger partial charge in [0, 0.05) is 14.2 Å². The average Bonchev–Trinajstić information content (AvgIpc) is 2.14. The Labute approximate surface area is 95.0 Å². The summed E-state index contributed by atoms with van der Waals surface area (Å²) in [6.07, 6.45) is 0. The smallest absolute Gasteiger partial charge is 0.264 e. The maximum atomic E-state index is 11.4. The summed E-state index contributed by atoms with van der Waals surface area (Å²) in [7, 11) is 3.11. The molecule has 5 nitrogen and oxygen atoms in total.